The van der Waals surface area contributed by atoms with E-state index in [2.05, 4.69) is 25.1 Å². The van der Waals surface area contributed by atoms with Crippen molar-refractivity contribution in [2.45, 2.75) is 25.4 Å². The Balaban J connectivity index is 1.38. The van der Waals surface area contributed by atoms with Gasteiger partial charge in [-0.2, -0.15) is 0 Å². The Kier molecular flexibility index (Phi) is 3.56. The molecule has 4 heterocycles. The van der Waals surface area contributed by atoms with E-state index in [-0.39, 0.29) is 11.9 Å². The Bertz CT molecular complexity index is 1040. The Labute approximate surface area is 147 Å². The zero-order valence-electron chi connectivity index (χ0n) is 13.9. The van der Waals surface area contributed by atoms with E-state index in [1.807, 2.05) is 0 Å². The molecule has 3 aromatic heterocycles. The molecule has 8 heteroatoms. The summed E-state index contributed by atoms with van der Waals surface area (Å²) in [7, 11) is 0. The van der Waals surface area contributed by atoms with Gasteiger partial charge in [-0.1, -0.05) is 0 Å². The summed E-state index contributed by atoms with van der Waals surface area (Å²) < 4.78 is 24.4. The SMILES string of the molecule is Fc1ccc2nc(C3CCCN3Cc3nnc(-c4ccco4)o3)[nH]c2c1. The summed E-state index contributed by atoms with van der Waals surface area (Å²) in [6.45, 7) is 1.44. The molecule has 1 aliphatic rings. The van der Waals surface area contributed by atoms with Crippen molar-refractivity contribution >= 4 is 11.0 Å². The van der Waals surface area contributed by atoms with E-state index in [1.165, 1.54) is 12.1 Å². The van der Waals surface area contributed by atoms with Gasteiger partial charge in [-0.3, -0.25) is 4.90 Å². The second-order valence-corrected chi connectivity index (χ2v) is 6.39. The maximum Gasteiger partial charge on any atom is 0.283 e. The lowest BCUT2D eigenvalue weighted by molar-refractivity contribution is 0.218. The number of aromatic amines is 1. The Morgan fingerprint density at radius 1 is 1.27 bits per heavy atom. The predicted octanol–water partition coefficient (Wildman–Crippen LogP) is 3.68. The lowest BCUT2D eigenvalue weighted by Gasteiger charge is -2.20. The van der Waals surface area contributed by atoms with Gasteiger partial charge in [0.25, 0.3) is 5.89 Å². The Hall–Kier alpha value is -3.00. The van der Waals surface area contributed by atoms with Gasteiger partial charge in [0.2, 0.25) is 5.89 Å². The first-order valence-electron chi connectivity index (χ1n) is 8.52. The number of halogens is 1. The molecule has 1 fully saturated rings. The average molecular weight is 353 g/mol. The first-order valence-corrected chi connectivity index (χ1v) is 8.52. The minimum Gasteiger partial charge on any atom is -0.459 e. The van der Waals surface area contributed by atoms with Crippen LogP contribution in [-0.2, 0) is 6.54 Å². The second kappa shape index (κ2) is 6.06. The van der Waals surface area contributed by atoms with E-state index < -0.39 is 0 Å². The van der Waals surface area contributed by atoms with Crippen LogP contribution in [0.25, 0.3) is 22.7 Å². The van der Waals surface area contributed by atoms with Crippen LogP contribution in [0.2, 0.25) is 0 Å². The van der Waals surface area contributed by atoms with Gasteiger partial charge >= 0.3 is 0 Å². The number of nitrogens with zero attached hydrogens (tertiary/aromatic N) is 4. The van der Waals surface area contributed by atoms with Crippen LogP contribution in [0.5, 0.6) is 0 Å². The van der Waals surface area contributed by atoms with E-state index in [0.717, 1.165) is 30.7 Å². The number of aromatic nitrogens is 4. The van der Waals surface area contributed by atoms with E-state index in [9.17, 15) is 4.39 Å². The fraction of sp³-hybridized carbons (Fsp3) is 0.278. The van der Waals surface area contributed by atoms with E-state index in [4.69, 9.17) is 8.83 Å². The lowest BCUT2D eigenvalue weighted by Crippen LogP contribution is -2.23. The molecule has 0 aliphatic carbocycles. The first-order chi connectivity index (χ1) is 12.8. The van der Waals surface area contributed by atoms with Crippen LogP contribution >= 0.6 is 0 Å². The highest BCUT2D eigenvalue weighted by Crippen LogP contribution is 2.33. The highest BCUT2D eigenvalue weighted by Gasteiger charge is 2.30. The third-order valence-corrected chi connectivity index (χ3v) is 4.68. The van der Waals surface area contributed by atoms with Gasteiger partial charge in [-0.15, -0.1) is 10.2 Å². The smallest absolute Gasteiger partial charge is 0.283 e. The Morgan fingerprint density at radius 2 is 2.23 bits per heavy atom. The number of furan rings is 1. The van der Waals surface area contributed by atoms with E-state index in [0.29, 0.717) is 29.6 Å². The van der Waals surface area contributed by atoms with Crippen LogP contribution in [0.1, 0.15) is 30.6 Å². The van der Waals surface area contributed by atoms with E-state index in [1.54, 1.807) is 24.5 Å². The molecule has 1 aliphatic heterocycles. The lowest BCUT2D eigenvalue weighted by atomic mass is 10.2. The van der Waals surface area contributed by atoms with Crippen molar-refractivity contribution in [1.29, 1.82) is 0 Å². The molecule has 4 aromatic rings. The molecule has 1 saturated heterocycles. The number of likely N-dealkylation sites (tertiary alicyclic amines) is 1. The topological polar surface area (TPSA) is 84.0 Å². The van der Waals surface area contributed by atoms with Crippen LogP contribution in [0.3, 0.4) is 0 Å². The fourth-order valence-corrected chi connectivity index (χ4v) is 3.48. The molecule has 1 aromatic carbocycles. The number of rotatable bonds is 4. The summed E-state index contributed by atoms with van der Waals surface area (Å²) in [5.74, 6) is 2.03. The number of hydrogen-bond donors (Lipinski definition) is 1. The maximum atomic E-state index is 13.4. The molecular weight excluding hydrogens is 337 g/mol. The van der Waals surface area contributed by atoms with Crippen molar-refractivity contribution < 1.29 is 13.2 Å². The van der Waals surface area contributed by atoms with E-state index >= 15 is 0 Å². The van der Waals surface area contributed by atoms with Gasteiger partial charge in [0.05, 0.1) is 29.9 Å². The number of H-pyrrole nitrogens is 1. The summed E-state index contributed by atoms with van der Waals surface area (Å²) in [4.78, 5) is 10.1. The van der Waals surface area contributed by atoms with Gasteiger partial charge in [-0.25, -0.2) is 9.37 Å². The van der Waals surface area contributed by atoms with Crippen LogP contribution in [0.4, 0.5) is 4.39 Å². The number of benzene rings is 1. The molecule has 132 valence electrons. The summed E-state index contributed by atoms with van der Waals surface area (Å²) >= 11 is 0. The highest BCUT2D eigenvalue weighted by molar-refractivity contribution is 5.75. The van der Waals surface area contributed by atoms with Crippen LogP contribution in [0.15, 0.2) is 45.4 Å². The van der Waals surface area contributed by atoms with Crippen molar-refractivity contribution in [2.75, 3.05) is 6.54 Å². The zero-order valence-corrected chi connectivity index (χ0v) is 13.9. The molecule has 1 atom stereocenters. The summed E-state index contributed by atoms with van der Waals surface area (Å²) in [6.07, 6.45) is 3.59. The molecule has 1 N–H and O–H groups in total. The third kappa shape index (κ3) is 2.68. The number of imidazole rings is 1. The van der Waals surface area contributed by atoms with Crippen molar-refractivity contribution in [2.24, 2.45) is 0 Å². The molecule has 0 saturated carbocycles. The predicted molar refractivity (Wildman–Crippen MR) is 90.4 cm³/mol. The minimum absolute atomic E-state index is 0.115. The molecule has 5 rings (SSSR count). The van der Waals surface area contributed by atoms with Gasteiger partial charge in [-0.05, 0) is 49.7 Å². The van der Waals surface area contributed by atoms with Crippen molar-refractivity contribution in [3.63, 3.8) is 0 Å². The highest BCUT2D eigenvalue weighted by atomic mass is 19.1. The number of hydrogen-bond acceptors (Lipinski definition) is 6. The first kappa shape index (κ1) is 15.3. The Morgan fingerprint density at radius 3 is 3.12 bits per heavy atom. The van der Waals surface area contributed by atoms with Gasteiger partial charge < -0.3 is 13.8 Å². The van der Waals surface area contributed by atoms with Crippen molar-refractivity contribution in [1.82, 2.24) is 25.1 Å². The molecule has 7 nitrogen and oxygen atoms in total. The number of fused-ring (bicyclic) bond motifs is 1. The van der Waals surface area contributed by atoms with Crippen LogP contribution in [-0.4, -0.2) is 31.6 Å². The fourth-order valence-electron chi connectivity index (χ4n) is 3.48. The third-order valence-electron chi connectivity index (χ3n) is 4.68. The summed E-state index contributed by atoms with van der Waals surface area (Å²) in [5.41, 5.74) is 1.48. The molecule has 0 amide bonds. The van der Waals surface area contributed by atoms with Crippen LogP contribution < -0.4 is 0 Å². The normalized spacial score (nSPS) is 18.1. The molecule has 26 heavy (non-hydrogen) atoms. The molecular formula is C18H16FN5O2. The summed E-state index contributed by atoms with van der Waals surface area (Å²) in [5, 5.41) is 8.16. The maximum absolute atomic E-state index is 13.4. The summed E-state index contributed by atoms with van der Waals surface area (Å²) in [6, 6.07) is 8.26. The van der Waals surface area contributed by atoms with Gasteiger partial charge in [0.1, 0.15) is 11.6 Å². The van der Waals surface area contributed by atoms with Crippen molar-refractivity contribution in [3.8, 4) is 11.7 Å². The minimum atomic E-state index is -0.271. The van der Waals surface area contributed by atoms with Gasteiger partial charge in [0.15, 0.2) is 5.76 Å². The molecule has 0 radical (unpaired) electrons. The average Bonchev–Trinajstić information content (AvgIpc) is 3.41. The standard InChI is InChI=1S/C18H16FN5O2/c19-11-5-6-12-13(9-11)21-17(20-12)14-3-1-7-24(14)10-16-22-23-18(26-16)15-4-2-8-25-15/h2,4-6,8-9,14H,1,3,7,10H2,(H,20,21). The molecule has 0 spiro atoms. The second-order valence-electron chi connectivity index (χ2n) is 6.39. The zero-order chi connectivity index (χ0) is 17.5. The molecule has 1 unspecified atom stereocenters. The molecule has 0 bridgehead atoms. The largest absolute Gasteiger partial charge is 0.459 e. The van der Waals surface area contributed by atoms with Gasteiger partial charge in [0, 0.05) is 0 Å². The number of nitrogens with one attached hydrogen (secondary N) is 1. The van der Waals surface area contributed by atoms with Crippen LogP contribution in [0, 0.1) is 5.82 Å². The monoisotopic (exact) mass is 353 g/mol. The quantitative estimate of drug-likeness (QED) is 0.602. The van der Waals surface area contributed by atoms with Crippen molar-refractivity contribution in [3.05, 3.63) is 54.1 Å².